The molecule has 1 aromatic rings. The Balaban J connectivity index is 2.39. The Kier molecular flexibility index (Phi) is 3.95. The van der Waals surface area contributed by atoms with Crippen LogP contribution in [0.4, 0.5) is 11.4 Å². The van der Waals surface area contributed by atoms with Crippen LogP contribution in [0, 0.1) is 0 Å². The fourth-order valence-electron chi connectivity index (χ4n) is 2.07. The number of anilines is 2. The van der Waals surface area contributed by atoms with E-state index >= 15 is 0 Å². The van der Waals surface area contributed by atoms with Crippen LogP contribution >= 0.6 is 0 Å². The van der Waals surface area contributed by atoms with E-state index in [0.29, 0.717) is 5.69 Å². The van der Waals surface area contributed by atoms with Crippen molar-refractivity contribution in [3.8, 4) is 0 Å². The molecule has 0 saturated heterocycles. The molecule has 0 spiro atoms. The van der Waals surface area contributed by atoms with Gasteiger partial charge in [-0.3, -0.25) is 0 Å². The number of allylic oxidation sites excluding steroid dienone is 2. The van der Waals surface area contributed by atoms with Gasteiger partial charge in [-0.2, -0.15) is 0 Å². The lowest BCUT2D eigenvalue weighted by Crippen LogP contribution is -2.26. The largest absolute Gasteiger partial charge is 0.372 e. The van der Waals surface area contributed by atoms with Gasteiger partial charge >= 0.3 is 0 Å². The summed E-state index contributed by atoms with van der Waals surface area (Å²) in [5.74, 6) is 0. The molecule has 1 aliphatic rings. The highest BCUT2D eigenvalue weighted by Crippen LogP contribution is 2.26. The number of hydrogen-bond donors (Lipinski definition) is 0. The molecule has 0 fully saturated rings. The molecule has 0 radical (unpaired) electrons. The number of nitrogens with zero attached hydrogens (tertiary/aromatic N) is 2. The maximum absolute atomic E-state index is 12.0. The van der Waals surface area contributed by atoms with Gasteiger partial charge in [0.15, 0.2) is 0 Å². The van der Waals surface area contributed by atoms with Gasteiger partial charge in [0.05, 0.1) is 11.1 Å². The van der Waals surface area contributed by atoms with Crippen LogP contribution in [0.1, 0.15) is 13.8 Å². The van der Waals surface area contributed by atoms with E-state index in [1.165, 1.54) is 15.8 Å². The van der Waals surface area contributed by atoms with Gasteiger partial charge in [-0.05, 0) is 44.2 Å². The van der Waals surface area contributed by atoms with E-state index < -0.39 is 10.0 Å². The van der Waals surface area contributed by atoms with Crippen LogP contribution in [0.5, 0.6) is 0 Å². The summed E-state index contributed by atoms with van der Waals surface area (Å²) in [7, 11) is -3.39. The summed E-state index contributed by atoms with van der Waals surface area (Å²) >= 11 is 0. The average molecular weight is 278 g/mol. The van der Waals surface area contributed by atoms with Crippen molar-refractivity contribution in [2.24, 2.45) is 0 Å². The zero-order chi connectivity index (χ0) is 13.9. The van der Waals surface area contributed by atoms with Crippen LogP contribution < -0.4 is 9.21 Å². The van der Waals surface area contributed by atoms with E-state index in [4.69, 9.17) is 0 Å². The molecule has 0 aromatic heterocycles. The van der Waals surface area contributed by atoms with Crippen LogP contribution in [0.3, 0.4) is 0 Å². The first-order valence-corrected chi connectivity index (χ1v) is 7.83. The van der Waals surface area contributed by atoms with Crippen molar-refractivity contribution in [3.63, 3.8) is 0 Å². The highest BCUT2D eigenvalue weighted by atomic mass is 32.2. The van der Waals surface area contributed by atoms with E-state index in [1.54, 1.807) is 18.3 Å². The third-order valence-corrected chi connectivity index (χ3v) is 4.45. The molecule has 0 N–H and O–H groups in total. The fraction of sp³-hybridized carbons (Fsp3) is 0.286. The summed E-state index contributed by atoms with van der Waals surface area (Å²) in [4.78, 5) is 2.18. The van der Waals surface area contributed by atoms with Gasteiger partial charge in [0.2, 0.25) is 0 Å². The first-order valence-electron chi connectivity index (χ1n) is 6.33. The van der Waals surface area contributed by atoms with Crippen LogP contribution in [0.15, 0.2) is 48.0 Å². The van der Waals surface area contributed by atoms with Crippen LogP contribution in [-0.4, -0.2) is 21.5 Å². The van der Waals surface area contributed by atoms with Gasteiger partial charge in [-0.25, -0.2) is 12.7 Å². The summed E-state index contributed by atoms with van der Waals surface area (Å²) in [6, 6.07) is 7.57. The van der Waals surface area contributed by atoms with E-state index in [1.807, 2.05) is 18.2 Å². The molecule has 0 atom stereocenters. The summed E-state index contributed by atoms with van der Waals surface area (Å²) < 4.78 is 25.2. The molecule has 4 nitrogen and oxygen atoms in total. The summed E-state index contributed by atoms with van der Waals surface area (Å²) in [5.41, 5.74) is 1.69. The predicted octanol–water partition coefficient (Wildman–Crippen LogP) is 2.71. The van der Waals surface area contributed by atoms with Crippen molar-refractivity contribution in [2.75, 3.05) is 22.3 Å². The first-order chi connectivity index (χ1) is 9.08. The molecule has 0 amide bonds. The maximum atomic E-state index is 12.0. The molecule has 5 heteroatoms. The fourth-order valence-corrected chi connectivity index (χ4v) is 3.14. The molecular weight excluding hydrogens is 260 g/mol. The number of benzene rings is 1. The zero-order valence-corrected chi connectivity index (χ0v) is 12.0. The molecule has 1 heterocycles. The Morgan fingerprint density at radius 3 is 2.53 bits per heavy atom. The van der Waals surface area contributed by atoms with E-state index in [9.17, 15) is 8.42 Å². The molecule has 0 bridgehead atoms. The standard InChI is InChI=1S/C14H18N2O2S/c1-3-15(4-2)13-8-7-9-14(12-13)16-10-5-6-11-19(16,17)18/h5-12H,3-4H2,1-2H3. The van der Waals surface area contributed by atoms with Crippen molar-refractivity contribution in [2.45, 2.75) is 13.8 Å². The first kappa shape index (κ1) is 13.7. The Hall–Kier alpha value is -1.75. The van der Waals surface area contributed by atoms with E-state index in [-0.39, 0.29) is 0 Å². The number of hydrogen-bond acceptors (Lipinski definition) is 3. The number of rotatable bonds is 4. The minimum Gasteiger partial charge on any atom is -0.372 e. The van der Waals surface area contributed by atoms with Gasteiger partial charge in [0, 0.05) is 25.0 Å². The highest BCUT2D eigenvalue weighted by Gasteiger charge is 2.19. The SMILES string of the molecule is CCN(CC)c1cccc(N2C=CC=CS2(=O)=O)c1. The second-order valence-electron chi connectivity index (χ2n) is 4.20. The van der Waals surface area contributed by atoms with Gasteiger partial charge in [-0.1, -0.05) is 6.07 Å². The van der Waals surface area contributed by atoms with Crippen molar-refractivity contribution in [1.82, 2.24) is 0 Å². The molecule has 1 aliphatic heterocycles. The lowest BCUT2D eigenvalue weighted by Gasteiger charge is -2.25. The monoisotopic (exact) mass is 278 g/mol. The van der Waals surface area contributed by atoms with Crippen molar-refractivity contribution >= 4 is 21.4 Å². The predicted molar refractivity (Wildman–Crippen MR) is 79.7 cm³/mol. The quantitative estimate of drug-likeness (QED) is 0.850. The molecule has 1 aromatic carbocycles. The molecule has 0 saturated carbocycles. The second-order valence-corrected chi connectivity index (χ2v) is 5.90. The second kappa shape index (κ2) is 5.48. The highest BCUT2D eigenvalue weighted by molar-refractivity contribution is 7.95. The minimum atomic E-state index is -3.39. The van der Waals surface area contributed by atoms with Gasteiger partial charge in [0.25, 0.3) is 10.0 Å². The summed E-state index contributed by atoms with van der Waals surface area (Å²) in [6.07, 6.45) is 4.81. The molecule has 19 heavy (non-hydrogen) atoms. The van der Waals surface area contributed by atoms with Crippen molar-refractivity contribution < 1.29 is 8.42 Å². The number of sulfonamides is 1. The van der Waals surface area contributed by atoms with Crippen LogP contribution in [0.25, 0.3) is 0 Å². The van der Waals surface area contributed by atoms with Crippen molar-refractivity contribution in [1.29, 1.82) is 0 Å². The van der Waals surface area contributed by atoms with E-state index in [2.05, 4.69) is 18.7 Å². The van der Waals surface area contributed by atoms with E-state index in [0.717, 1.165) is 18.8 Å². The van der Waals surface area contributed by atoms with Gasteiger partial charge < -0.3 is 4.90 Å². The lowest BCUT2D eigenvalue weighted by atomic mass is 10.2. The van der Waals surface area contributed by atoms with Crippen LogP contribution in [-0.2, 0) is 10.0 Å². The molecule has 0 unspecified atom stereocenters. The van der Waals surface area contributed by atoms with Gasteiger partial charge in [0.1, 0.15) is 0 Å². The average Bonchev–Trinajstić information content (AvgIpc) is 2.40. The van der Waals surface area contributed by atoms with Gasteiger partial charge in [-0.15, -0.1) is 0 Å². The maximum Gasteiger partial charge on any atom is 0.261 e. The molecule has 2 rings (SSSR count). The summed E-state index contributed by atoms with van der Waals surface area (Å²) in [5, 5.41) is 1.21. The molecule has 0 aliphatic carbocycles. The topological polar surface area (TPSA) is 40.6 Å². The Bertz CT molecular complexity index is 602. The normalized spacial score (nSPS) is 16.6. The smallest absolute Gasteiger partial charge is 0.261 e. The zero-order valence-electron chi connectivity index (χ0n) is 11.2. The van der Waals surface area contributed by atoms with Crippen LogP contribution in [0.2, 0.25) is 0 Å². The molecular formula is C14H18N2O2S. The third-order valence-electron chi connectivity index (χ3n) is 3.07. The lowest BCUT2D eigenvalue weighted by molar-refractivity contribution is 0.604. The Morgan fingerprint density at radius 2 is 1.89 bits per heavy atom. The Labute approximate surface area is 114 Å². The molecule has 102 valence electrons. The van der Waals surface area contributed by atoms with Crippen molar-refractivity contribution in [3.05, 3.63) is 48.0 Å². The summed E-state index contributed by atoms with van der Waals surface area (Å²) in [6.45, 7) is 5.94. The third kappa shape index (κ3) is 2.81. The minimum absolute atomic E-state index is 0.657. The Morgan fingerprint density at radius 1 is 1.16 bits per heavy atom.